The third-order valence-corrected chi connectivity index (χ3v) is 2.64. The number of fused-ring (bicyclic) bond motifs is 1. The molecule has 0 amide bonds. The lowest BCUT2D eigenvalue weighted by Gasteiger charge is -2.27. The van der Waals surface area contributed by atoms with Crippen LogP contribution in [0.2, 0.25) is 0 Å². The standard InChI is InChI=1S/C11H15NO/c1-8(2)10-7-13-6-9-4-3-5-12-11(9)10/h3-5,8,10H,6-7H2,1-2H3. The predicted octanol–water partition coefficient (Wildman–Crippen LogP) is 2.35. The van der Waals surface area contributed by atoms with E-state index in [1.165, 1.54) is 11.3 Å². The molecule has 2 rings (SSSR count). The van der Waals surface area contributed by atoms with Gasteiger partial charge in [-0.3, -0.25) is 4.98 Å². The van der Waals surface area contributed by atoms with Crippen molar-refractivity contribution in [2.75, 3.05) is 6.61 Å². The normalized spacial score (nSPS) is 21.6. The summed E-state index contributed by atoms with van der Waals surface area (Å²) in [5, 5.41) is 0. The largest absolute Gasteiger partial charge is 0.376 e. The molecule has 0 radical (unpaired) electrons. The summed E-state index contributed by atoms with van der Waals surface area (Å²) in [6, 6.07) is 4.09. The Bertz CT molecular complexity index is 296. The molecule has 2 heterocycles. The van der Waals surface area contributed by atoms with E-state index in [4.69, 9.17) is 4.74 Å². The molecule has 0 aliphatic carbocycles. The van der Waals surface area contributed by atoms with Gasteiger partial charge < -0.3 is 4.74 Å². The molecule has 1 atom stereocenters. The van der Waals surface area contributed by atoms with E-state index in [1.54, 1.807) is 0 Å². The maximum absolute atomic E-state index is 5.53. The fraction of sp³-hybridized carbons (Fsp3) is 0.545. The maximum atomic E-state index is 5.53. The number of aromatic nitrogens is 1. The zero-order valence-electron chi connectivity index (χ0n) is 8.16. The molecule has 1 aliphatic heterocycles. The average molecular weight is 177 g/mol. The molecule has 2 nitrogen and oxygen atoms in total. The Morgan fingerprint density at radius 3 is 3.15 bits per heavy atom. The minimum Gasteiger partial charge on any atom is -0.376 e. The van der Waals surface area contributed by atoms with E-state index in [-0.39, 0.29) is 0 Å². The van der Waals surface area contributed by atoms with Gasteiger partial charge in [-0.15, -0.1) is 0 Å². The van der Waals surface area contributed by atoms with Crippen LogP contribution in [0.15, 0.2) is 18.3 Å². The van der Waals surface area contributed by atoms with Crippen molar-refractivity contribution in [3.63, 3.8) is 0 Å². The highest BCUT2D eigenvalue weighted by molar-refractivity contribution is 5.24. The van der Waals surface area contributed by atoms with E-state index < -0.39 is 0 Å². The second kappa shape index (κ2) is 3.46. The summed E-state index contributed by atoms with van der Waals surface area (Å²) >= 11 is 0. The number of ether oxygens (including phenoxy) is 1. The first-order valence-corrected chi connectivity index (χ1v) is 4.80. The van der Waals surface area contributed by atoms with Gasteiger partial charge in [-0.1, -0.05) is 19.9 Å². The molecule has 1 aliphatic rings. The van der Waals surface area contributed by atoms with Crippen LogP contribution in [0.3, 0.4) is 0 Å². The average Bonchev–Trinajstić information content (AvgIpc) is 2.17. The van der Waals surface area contributed by atoms with Crippen LogP contribution in [0.25, 0.3) is 0 Å². The first-order valence-electron chi connectivity index (χ1n) is 4.80. The van der Waals surface area contributed by atoms with Gasteiger partial charge in [0.2, 0.25) is 0 Å². The van der Waals surface area contributed by atoms with E-state index in [0.29, 0.717) is 11.8 Å². The Morgan fingerprint density at radius 2 is 2.38 bits per heavy atom. The van der Waals surface area contributed by atoms with Crippen molar-refractivity contribution < 1.29 is 4.74 Å². The minimum absolute atomic E-state index is 0.477. The van der Waals surface area contributed by atoms with Gasteiger partial charge in [0.05, 0.1) is 18.9 Å². The van der Waals surface area contributed by atoms with E-state index in [9.17, 15) is 0 Å². The van der Waals surface area contributed by atoms with Gasteiger partial charge >= 0.3 is 0 Å². The number of hydrogen-bond acceptors (Lipinski definition) is 2. The lowest BCUT2D eigenvalue weighted by molar-refractivity contribution is 0.0771. The summed E-state index contributed by atoms with van der Waals surface area (Å²) in [6.07, 6.45) is 1.87. The molecule has 0 saturated carbocycles. The Balaban J connectivity index is 2.37. The van der Waals surface area contributed by atoms with Gasteiger partial charge in [0.1, 0.15) is 0 Å². The fourth-order valence-electron chi connectivity index (χ4n) is 1.79. The summed E-state index contributed by atoms with van der Waals surface area (Å²) in [5.41, 5.74) is 2.50. The van der Waals surface area contributed by atoms with E-state index in [2.05, 4.69) is 24.9 Å². The highest BCUT2D eigenvalue weighted by atomic mass is 16.5. The van der Waals surface area contributed by atoms with Crippen molar-refractivity contribution in [3.05, 3.63) is 29.6 Å². The van der Waals surface area contributed by atoms with Gasteiger partial charge in [-0.05, 0) is 17.5 Å². The van der Waals surface area contributed by atoms with Crippen LogP contribution in [0.5, 0.6) is 0 Å². The monoisotopic (exact) mass is 177 g/mol. The predicted molar refractivity (Wildman–Crippen MR) is 51.5 cm³/mol. The van der Waals surface area contributed by atoms with Gasteiger partial charge in [0.25, 0.3) is 0 Å². The number of nitrogens with zero attached hydrogens (tertiary/aromatic N) is 1. The smallest absolute Gasteiger partial charge is 0.0735 e. The Kier molecular flexibility index (Phi) is 2.32. The van der Waals surface area contributed by atoms with Gasteiger partial charge in [-0.2, -0.15) is 0 Å². The van der Waals surface area contributed by atoms with Crippen LogP contribution in [0, 0.1) is 5.92 Å². The highest BCUT2D eigenvalue weighted by Crippen LogP contribution is 2.29. The van der Waals surface area contributed by atoms with E-state index >= 15 is 0 Å². The van der Waals surface area contributed by atoms with Crippen LogP contribution in [-0.2, 0) is 11.3 Å². The van der Waals surface area contributed by atoms with Crippen LogP contribution >= 0.6 is 0 Å². The molecule has 1 aromatic heterocycles. The molecule has 0 saturated heterocycles. The topological polar surface area (TPSA) is 22.1 Å². The molecule has 0 bridgehead atoms. The first-order chi connectivity index (χ1) is 6.29. The van der Waals surface area contributed by atoms with Crippen LogP contribution in [-0.4, -0.2) is 11.6 Å². The van der Waals surface area contributed by atoms with Crippen molar-refractivity contribution >= 4 is 0 Å². The van der Waals surface area contributed by atoms with Crippen LogP contribution < -0.4 is 0 Å². The number of pyridine rings is 1. The van der Waals surface area contributed by atoms with Crippen molar-refractivity contribution in [3.8, 4) is 0 Å². The summed E-state index contributed by atoms with van der Waals surface area (Å²) in [5.74, 6) is 1.08. The molecule has 0 fully saturated rings. The molecule has 0 spiro atoms. The summed E-state index contributed by atoms with van der Waals surface area (Å²) in [7, 11) is 0. The molecule has 13 heavy (non-hydrogen) atoms. The highest BCUT2D eigenvalue weighted by Gasteiger charge is 2.24. The SMILES string of the molecule is CC(C)C1COCc2cccnc21. The van der Waals surface area contributed by atoms with Crippen molar-refractivity contribution in [2.24, 2.45) is 5.92 Å². The lowest BCUT2D eigenvalue weighted by atomic mass is 9.89. The molecular weight excluding hydrogens is 162 g/mol. The first kappa shape index (κ1) is 8.70. The van der Waals surface area contributed by atoms with E-state index in [0.717, 1.165) is 13.2 Å². The zero-order valence-corrected chi connectivity index (χ0v) is 8.16. The third kappa shape index (κ3) is 1.59. The fourth-order valence-corrected chi connectivity index (χ4v) is 1.79. The van der Waals surface area contributed by atoms with Crippen LogP contribution in [0.4, 0.5) is 0 Å². The van der Waals surface area contributed by atoms with Crippen molar-refractivity contribution in [1.29, 1.82) is 0 Å². The second-order valence-electron chi connectivity index (χ2n) is 3.91. The molecular formula is C11H15NO. The molecule has 70 valence electrons. The minimum atomic E-state index is 0.477. The Morgan fingerprint density at radius 1 is 1.54 bits per heavy atom. The van der Waals surface area contributed by atoms with Gasteiger partial charge in [0.15, 0.2) is 0 Å². The van der Waals surface area contributed by atoms with Gasteiger partial charge in [-0.25, -0.2) is 0 Å². The lowest BCUT2D eigenvalue weighted by Crippen LogP contribution is -2.22. The number of hydrogen-bond donors (Lipinski definition) is 0. The van der Waals surface area contributed by atoms with Gasteiger partial charge in [0, 0.05) is 12.1 Å². The summed E-state index contributed by atoms with van der Waals surface area (Å²) in [6.45, 7) is 5.99. The number of rotatable bonds is 1. The molecule has 2 heteroatoms. The van der Waals surface area contributed by atoms with E-state index in [1.807, 2.05) is 12.3 Å². The van der Waals surface area contributed by atoms with Crippen LogP contribution in [0.1, 0.15) is 31.0 Å². The third-order valence-electron chi connectivity index (χ3n) is 2.64. The van der Waals surface area contributed by atoms with Crippen molar-refractivity contribution in [1.82, 2.24) is 4.98 Å². The molecule has 0 N–H and O–H groups in total. The maximum Gasteiger partial charge on any atom is 0.0735 e. The molecule has 1 unspecified atom stereocenters. The Hall–Kier alpha value is -0.890. The Labute approximate surface area is 78.9 Å². The van der Waals surface area contributed by atoms with Crippen molar-refractivity contribution in [2.45, 2.75) is 26.4 Å². The summed E-state index contributed by atoms with van der Waals surface area (Å²) in [4.78, 5) is 4.44. The zero-order chi connectivity index (χ0) is 9.26. The molecule has 0 aromatic carbocycles. The molecule has 1 aromatic rings. The second-order valence-corrected chi connectivity index (χ2v) is 3.91. The quantitative estimate of drug-likeness (QED) is 0.657. The summed E-state index contributed by atoms with van der Waals surface area (Å²) < 4.78 is 5.53.